The first-order valence-electron chi connectivity index (χ1n) is 29.7. The Kier molecular flexibility index (Phi) is 14.5. The largest absolute Gasteiger partial charge is 0.354 e. The zero-order chi connectivity index (χ0) is 60.6. The van der Waals surface area contributed by atoms with Gasteiger partial charge in [0.25, 0.3) is 11.6 Å². The Bertz CT molecular complexity index is 3830. The number of Topliss-reactive ketones (excluding diaryl/α,β-unsaturated/α-hetero) is 2. The second kappa shape index (κ2) is 19.9. The maximum atomic E-state index is 15.6. The van der Waals surface area contributed by atoms with Crippen molar-refractivity contribution in [2.45, 2.75) is 209 Å². The summed E-state index contributed by atoms with van der Waals surface area (Å²) in [6.45, 7) is 53.9. The summed E-state index contributed by atoms with van der Waals surface area (Å²) in [5.41, 5.74) is 19.2. The number of aromatic amines is 2. The van der Waals surface area contributed by atoms with Gasteiger partial charge in [0.15, 0.2) is 0 Å². The fourth-order valence-electron chi connectivity index (χ4n) is 11.1. The van der Waals surface area contributed by atoms with E-state index in [1.54, 1.807) is 0 Å². The molecular weight excluding hydrogens is 1000 g/mol. The molecule has 4 aromatic carbocycles. The summed E-state index contributed by atoms with van der Waals surface area (Å²) in [5, 5.41) is 0. The van der Waals surface area contributed by atoms with Gasteiger partial charge in [0.05, 0.1) is 11.4 Å². The van der Waals surface area contributed by atoms with Gasteiger partial charge in [-0.3, -0.25) is 9.59 Å². The van der Waals surface area contributed by atoms with Crippen LogP contribution in [0.25, 0.3) is 78.7 Å². The van der Waals surface area contributed by atoms with Crippen LogP contribution in [0, 0.1) is 0 Å². The summed E-state index contributed by atoms with van der Waals surface area (Å²) >= 11 is 0. The molecule has 0 unspecified atom stereocenters. The summed E-state index contributed by atoms with van der Waals surface area (Å²) in [5.74, 6) is -1.31. The lowest BCUT2D eigenvalue weighted by atomic mass is 9.78. The minimum Gasteiger partial charge on any atom is -0.354 e. The first kappa shape index (κ1) is 59.7. The number of rotatable bonds is 4. The summed E-state index contributed by atoms with van der Waals surface area (Å²) in [4.78, 5) is 50.3. The third-order valence-electron chi connectivity index (χ3n) is 16.8. The van der Waals surface area contributed by atoms with Gasteiger partial charge >= 0.3 is 0 Å². The molecule has 9 rings (SSSR count). The lowest BCUT2D eigenvalue weighted by molar-refractivity contribution is 0.0826. The van der Waals surface area contributed by atoms with Crippen molar-refractivity contribution >= 4 is 45.8 Å². The molecule has 0 amide bonds. The van der Waals surface area contributed by atoms with Gasteiger partial charge in [0.2, 0.25) is 0 Å². The van der Waals surface area contributed by atoms with Crippen LogP contribution in [-0.4, -0.2) is 31.5 Å². The molecule has 0 aliphatic carbocycles. The highest BCUT2D eigenvalue weighted by Crippen LogP contribution is 2.45. The molecule has 6 nitrogen and oxygen atoms in total. The van der Waals surface area contributed by atoms with Crippen LogP contribution < -0.4 is 0 Å². The predicted octanol–water partition coefficient (Wildman–Crippen LogP) is 20.6. The minimum absolute atomic E-state index is 0.0874. The van der Waals surface area contributed by atoms with Crippen LogP contribution in [0.15, 0.2) is 97.1 Å². The highest BCUT2D eigenvalue weighted by Gasteiger charge is 2.37. The van der Waals surface area contributed by atoms with E-state index in [1.807, 2.05) is 6.08 Å². The number of carbonyl (C=O) groups excluding carboxylic acids is 2. The monoisotopic (exact) mass is 1090 g/mol. The SMILES string of the molecule is CC(C)(C)c1cc(-c2c3nc(c(-c4cc(C(C)(C)C)cc(C(C)(C)C)c4)c4ccc([nH]4)c(-c4cc(C(C)(C)C)cc(C(C)(C)C)c4)c4ccc([nH]4)c(-c4cc(C(C)(C)C)cc(C(C)(C)C)c4)c4nc2C(=O)C4=O)C=C3)cc(C(C)(C)C)c1. The molecule has 0 spiro atoms. The maximum absolute atomic E-state index is 15.6. The second-order valence-electron chi connectivity index (χ2n) is 32.0. The van der Waals surface area contributed by atoms with E-state index < -0.39 is 11.6 Å². The lowest BCUT2D eigenvalue weighted by Gasteiger charge is -2.26. The van der Waals surface area contributed by atoms with Gasteiger partial charge in [0, 0.05) is 44.3 Å². The molecule has 0 fully saturated rings. The Morgan fingerprint density at radius 3 is 0.780 bits per heavy atom. The molecule has 6 heteroatoms. The third kappa shape index (κ3) is 11.7. The van der Waals surface area contributed by atoms with E-state index in [0.717, 1.165) is 77.9 Å². The predicted molar refractivity (Wildman–Crippen MR) is 350 cm³/mol. The van der Waals surface area contributed by atoms with Gasteiger partial charge < -0.3 is 9.97 Å². The van der Waals surface area contributed by atoms with Crippen molar-refractivity contribution in [3.63, 3.8) is 0 Å². The number of carbonyl (C=O) groups is 2. The zero-order valence-electron chi connectivity index (χ0n) is 54.1. The van der Waals surface area contributed by atoms with E-state index in [-0.39, 0.29) is 54.7 Å². The molecule has 0 saturated heterocycles. The number of nitrogens with zero attached hydrogens (tertiary/aromatic N) is 2. The Labute approximate surface area is 491 Å². The number of aromatic nitrogens is 4. The molecule has 2 N–H and O–H groups in total. The number of benzene rings is 4. The van der Waals surface area contributed by atoms with Crippen molar-refractivity contribution in [1.29, 1.82) is 0 Å². The normalized spacial score (nSPS) is 14.1. The first-order valence-corrected chi connectivity index (χ1v) is 29.7. The molecule has 0 atom stereocenters. The van der Waals surface area contributed by atoms with Crippen molar-refractivity contribution in [2.75, 3.05) is 0 Å². The van der Waals surface area contributed by atoms with Crippen molar-refractivity contribution < 1.29 is 9.59 Å². The molecule has 8 bridgehead atoms. The van der Waals surface area contributed by atoms with E-state index in [1.165, 1.54) is 22.3 Å². The van der Waals surface area contributed by atoms with Crippen LogP contribution in [0.2, 0.25) is 0 Å². The number of H-pyrrole nitrogens is 2. The lowest BCUT2D eigenvalue weighted by Crippen LogP contribution is -2.17. The van der Waals surface area contributed by atoms with Gasteiger partial charge in [-0.15, -0.1) is 0 Å². The number of hydrogen-bond donors (Lipinski definition) is 2. The fraction of sp³-hybridized carbons (Fsp3) is 0.421. The highest BCUT2D eigenvalue weighted by atomic mass is 16.2. The van der Waals surface area contributed by atoms with E-state index in [0.29, 0.717) is 22.3 Å². The highest BCUT2D eigenvalue weighted by molar-refractivity contribution is 6.52. The van der Waals surface area contributed by atoms with Crippen LogP contribution in [-0.2, 0) is 43.3 Å². The second-order valence-corrected chi connectivity index (χ2v) is 32.0. The summed E-state index contributed by atoms with van der Waals surface area (Å²) in [7, 11) is 0. The average molecular weight is 1090 g/mol. The van der Waals surface area contributed by atoms with E-state index in [9.17, 15) is 0 Å². The van der Waals surface area contributed by atoms with Gasteiger partial charge in [-0.05, 0) is 146 Å². The molecule has 7 aromatic rings. The number of hydrogen-bond acceptors (Lipinski definition) is 4. The number of fused-ring (bicyclic) bond motifs is 8. The van der Waals surface area contributed by atoms with Crippen molar-refractivity contribution in [3.8, 4) is 44.5 Å². The summed E-state index contributed by atoms with van der Waals surface area (Å²) in [6, 6.07) is 36.0. The van der Waals surface area contributed by atoms with Crippen LogP contribution in [0.3, 0.4) is 0 Å². The molecule has 0 saturated carbocycles. The molecular formula is C76H92N4O2. The average Bonchev–Trinajstić information content (AvgIpc) is 3.44. The molecule has 2 aliphatic rings. The Balaban J connectivity index is 1.60. The maximum Gasteiger partial charge on any atom is 0.254 e. The van der Waals surface area contributed by atoms with Gasteiger partial charge in [0.1, 0.15) is 11.4 Å². The quantitative estimate of drug-likeness (QED) is 0.172. The number of ketones is 2. The van der Waals surface area contributed by atoms with Crippen molar-refractivity contribution in [3.05, 3.63) is 164 Å². The number of nitrogens with one attached hydrogen (secondary N) is 2. The van der Waals surface area contributed by atoms with Gasteiger partial charge in [-0.1, -0.05) is 239 Å². The molecule has 5 heterocycles. The smallest absolute Gasteiger partial charge is 0.254 e. The summed E-state index contributed by atoms with van der Waals surface area (Å²) < 4.78 is 0. The Hall–Kier alpha value is -6.92. The first-order chi connectivity index (χ1) is 37.5. The van der Waals surface area contributed by atoms with Crippen LogP contribution >= 0.6 is 0 Å². The minimum atomic E-state index is -0.656. The third-order valence-corrected chi connectivity index (χ3v) is 16.8. The topological polar surface area (TPSA) is 91.5 Å². The Morgan fingerprint density at radius 1 is 0.268 bits per heavy atom. The van der Waals surface area contributed by atoms with E-state index in [4.69, 9.17) is 9.97 Å². The fourth-order valence-corrected chi connectivity index (χ4v) is 11.1. The molecule has 82 heavy (non-hydrogen) atoms. The van der Waals surface area contributed by atoms with Crippen LogP contribution in [0.1, 0.15) is 243 Å². The standard InChI is InChI=1S/C76H92N4O2/c1-69(2,3)47-31-43(32-48(39-47)70(4,5)6)61-55-25-26-56(77-55)62(44-33-49(71(7,8)9)40-50(34-44)72(10,11)12)58-28-30-60(79-58)64(46-37-53(75(19,20)21)42-54(38-46)76(22,23)24)66-68(82)67(81)65(80-66)63(59-29-27-57(61)78-59)45-35-51(73(13,14)15)41-52(36-45)74(16,17)18/h25-42,77-78H,1-24H3. The van der Waals surface area contributed by atoms with Gasteiger partial charge in [-0.2, -0.15) is 0 Å². The van der Waals surface area contributed by atoms with Gasteiger partial charge in [-0.25, -0.2) is 9.97 Å². The summed E-state index contributed by atoms with van der Waals surface area (Å²) in [6.07, 6.45) is 4.11. The van der Waals surface area contributed by atoms with Crippen molar-refractivity contribution in [2.24, 2.45) is 0 Å². The van der Waals surface area contributed by atoms with E-state index >= 15 is 9.59 Å². The molecule has 2 aliphatic heterocycles. The van der Waals surface area contributed by atoms with E-state index in [2.05, 4.69) is 279 Å². The Morgan fingerprint density at radius 2 is 0.488 bits per heavy atom. The van der Waals surface area contributed by atoms with Crippen LogP contribution in [0.4, 0.5) is 0 Å². The van der Waals surface area contributed by atoms with Crippen molar-refractivity contribution in [1.82, 2.24) is 19.9 Å². The molecule has 428 valence electrons. The zero-order valence-corrected chi connectivity index (χ0v) is 54.1. The molecule has 3 aromatic heterocycles. The molecule has 0 radical (unpaired) electrons. The van der Waals surface area contributed by atoms with Crippen LogP contribution in [0.5, 0.6) is 0 Å².